The van der Waals surface area contributed by atoms with Crippen LogP contribution in [0.25, 0.3) is 0 Å². The first-order valence-corrected chi connectivity index (χ1v) is 5.58. The molecule has 0 spiro atoms. The minimum absolute atomic E-state index is 0.321. The lowest BCUT2D eigenvalue weighted by molar-refractivity contribution is -0.155. The van der Waals surface area contributed by atoms with Crippen LogP contribution in [0.3, 0.4) is 0 Å². The predicted octanol–water partition coefficient (Wildman–Crippen LogP) is 1.77. The second kappa shape index (κ2) is 4.11. The zero-order valence-corrected chi connectivity index (χ0v) is 9.87. The number of hydrogen-bond acceptors (Lipinski definition) is 3. The highest BCUT2D eigenvalue weighted by molar-refractivity contribution is 5.74. The summed E-state index contributed by atoms with van der Waals surface area (Å²) in [7, 11) is 1.29. The fourth-order valence-corrected chi connectivity index (χ4v) is 2.47. The summed E-state index contributed by atoms with van der Waals surface area (Å²) in [4.78, 5) is 11.5. The van der Waals surface area contributed by atoms with Gasteiger partial charge in [-0.2, -0.15) is 0 Å². The standard InChI is InChI=1S/C13H15FO3/c1-8(12(15)17-2)13(16)6-5-9-7-10(14)3-4-11(9)13/h3-4,7-8,16H,5-6H2,1-2H3. The molecule has 0 aromatic heterocycles. The molecule has 1 N–H and O–H groups in total. The van der Waals surface area contributed by atoms with E-state index in [9.17, 15) is 14.3 Å². The van der Waals surface area contributed by atoms with Crippen molar-refractivity contribution in [2.45, 2.75) is 25.4 Å². The van der Waals surface area contributed by atoms with Crippen molar-refractivity contribution in [3.63, 3.8) is 0 Å². The van der Waals surface area contributed by atoms with Crippen LogP contribution >= 0.6 is 0 Å². The number of aliphatic hydroxyl groups is 1. The Labute approximate surface area is 99.2 Å². The van der Waals surface area contributed by atoms with Crippen LogP contribution < -0.4 is 0 Å². The van der Waals surface area contributed by atoms with E-state index in [0.717, 1.165) is 5.56 Å². The second-order valence-corrected chi connectivity index (χ2v) is 4.47. The van der Waals surface area contributed by atoms with Crippen LogP contribution in [0.4, 0.5) is 4.39 Å². The van der Waals surface area contributed by atoms with Gasteiger partial charge >= 0.3 is 5.97 Å². The lowest BCUT2D eigenvalue weighted by Crippen LogP contribution is -2.36. The smallest absolute Gasteiger partial charge is 0.311 e. The number of fused-ring (bicyclic) bond motifs is 1. The van der Waals surface area contributed by atoms with Crippen LogP contribution in [0.5, 0.6) is 0 Å². The van der Waals surface area contributed by atoms with Crippen molar-refractivity contribution in [2.75, 3.05) is 7.11 Å². The normalized spacial score (nSPS) is 24.2. The Morgan fingerprint density at radius 2 is 2.29 bits per heavy atom. The molecule has 1 aromatic carbocycles. The van der Waals surface area contributed by atoms with Crippen LogP contribution in [0.15, 0.2) is 18.2 Å². The van der Waals surface area contributed by atoms with E-state index in [4.69, 9.17) is 0 Å². The summed E-state index contributed by atoms with van der Waals surface area (Å²) in [6.45, 7) is 1.63. The molecule has 2 rings (SSSR count). The maximum atomic E-state index is 13.1. The maximum Gasteiger partial charge on any atom is 0.311 e. The Balaban J connectivity index is 2.40. The van der Waals surface area contributed by atoms with Gasteiger partial charge in [-0.25, -0.2) is 4.39 Å². The molecule has 1 aliphatic rings. The lowest BCUT2D eigenvalue weighted by Gasteiger charge is -2.29. The zero-order valence-electron chi connectivity index (χ0n) is 9.87. The molecular formula is C13H15FO3. The van der Waals surface area contributed by atoms with Gasteiger partial charge in [-0.15, -0.1) is 0 Å². The first-order chi connectivity index (χ1) is 7.99. The average Bonchev–Trinajstić information content (AvgIpc) is 2.65. The number of rotatable bonds is 2. The molecule has 92 valence electrons. The van der Waals surface area contributed by atoms with Gasteiger partial charge in [0, 0.05) is 0 Å². The number of carbonyl (C=O) groups excluding carboxylic acids is 1. The van der Waals surface area contributed by atoms with Gasteiger partial charge < -0.3 is 9.84 Å². The summed E-state index contributed by atoms with van der Waals surface area (Å²) in [6.07, 6.45) is 0.993. The van der Waals surface area contributed by atoms with Crippen LogP contribution in [0.2, 0.25) is 0 Å². The average molecular weight is 238 g/mol. The van der Waals surface area contributed by atoms with Crippen molar-refractivity contribution in [1.82, 2.24) is 0 Å². The molecule has 0 heterocycles. The molecule has 3 nitrogen and oxygen atoms in total. The Kier molecular flexibility index (Phi) is 2.91. The third-order valence-electron chi connectivity index (χ3n) is 3.58. The summed E-state index contributed by atoms with van der Waals surface area (Å²) in [5.74, 6) is -1.43. The number of ether oxygens (including phenoxy) is 1. The van der Waals surface area contributed by atoms with Gasteiger partial charge in [0.15, 0.2) is 0 Å². The molecule has 2 atom stereocenters. The molecule has 0 radical (unpaired) electrons. The Morgan fingerprint density at radius 1 is 1.59 bits per heavy atom. The van der Waals surface area contributed by atoms with Gasteiger partial charge in [0.25, 0.3) is 0 Å². The highest BCUT2D eigenvalue weighted by atomic mass is 19.1. The third kappa shape index (κ3) is 1.82. The number of halogens is 1. The van der Waals surface area contributed by atoms with E-state index in [1.165, 1.54) is 19.2 Å². The van der Waals surface area contributed by atoms with E-state index in [0.29, 0.717) is 18.4 Å². The molecular weight excluding hydrogens is 223 g/mol. The molecule has 4 heteroatoms. The highest BCUT2D eigenvalue weighted by Gasteiger charge is 2.45. The van der Waals surface area contributed by atoms with E-state index in [-0.39, 0.29) is 5.82 Å². The van der Waals surface area contributed by atoms with Crippen molar-refractivity contribution < 1.29 is 19.0 Å². The monoisotopic (exact) mass is 238 g/mol. The summed E-state index contributed by atoms with van der Waals surface area (Å²) in [6, 6.07) is 4.27. The fraction of sp³-hybridized carbons (Fsp3) is 0.462. The molecule has 0 saturated carbocycles. The van der Waals surface area contributed by atoms with Gasteiger partial charge in [0.2, 0.25) is 0 Å². The van der Waals surface area contributed by atoms with Gasteiger partial charge in [0.05, 0.1) is 13.0 Å². The molecule has 0 saturated heterocycles. The van der Waals surface area contributed by atoms with Crippen LogP contribution in [0, 0.1) is 11.7 Å². The molecule has 0 fully saturated rings. The predicted molar refractivity (Wildman–Crippen MR) is 59.8 cm³/mol. The number of benzene rings is 1. The number of hydrogen-bond donors (Lipinski definition) is 1. The van der Waals surface area contributed by atoms with Gasteiger partial charge in [-0.3, -0.25) is 4.79 Å². The van der Waals surface area contributed by atoms with E-state index in [2.05, 4.69) is 4.74 Å². The van der Waals surface area contributed by atoms with Crippen LogP contribution in [0.1, 0.15) is 24.5 Å². The van der Waals surface area contributed by atoms with Crippen LogP contribution in [-0.4, -0.2) is 18.2 Å². The molecule has 0 aliphatic heterocycles. The maximum absolute atomic E-state index is 13.1. The quantitative estimate of drug-likeness (QED) is 0.799. The second-order valence-electron chi connectivity index (χ2n) is 4.47. The molecule has 0 bridgehead atoms. The number of methoxy groups -OCH3 is 1. The number of aryl methyl sites for hydroxylation is 1. The van der Waals surface area contributed by atoms with Gasteiger partial charge in [-0.05, 0) is 43.0 Å². The number of esters is 1. The molecule has 1 aromatic rings. The van der Waals surface area contributed by atoms with E-state index in [1.54, 1.807) is 13.0 Å². The van der Waals surface area contributed by atoms with E-state index >= 15 is 0 Å². The Hall–Kier alpha value is -1.42. The van der Waals surface area contributed by atoms with E-state index in [1.807, 2.05) is 0 Å². The molecule has 1 aliphatic carbocycles. The Morgan fingerprint density at radius 3 is 2.94 bits per heavy atom. The minimum Gasteiger partial charge on any atom is -0.469 e. The summed E-state index contributed by atoms with van der Waals surface area (Å²) in [5.41, 5.74) is 0.163. The summed E-state index contributed by atoms with van der Waals surface area (Å²) in [5, 5.41) is 10.6. The SMILES string of the molecule is COC(=O)C(C)C1(O)CCc2cc(F)ccc21. The van der Waals surface area contributed by atoms with Crippen molar-refractivity contribution in [1.29, 1.82) is 0 Å². The third-order valence-corrected chi connectivity index (χ3v) is 3.58. The Bertz CT molecular complexity index is 458. The van der Waals surface area contributed by atoms with Crippen LogP contribution in [-0.2, 0) is 21.6 Å². The molecule has 17 heavy (non-hydrogen) atoms. The van der Waals surface area contributed by atoms with Gasteiger partial charge in [-0.1, -0.05) is 6.07 Å². The van der Waals surface area contributed by atoms with Crippen molar-refractivity contribution in [3.05, 3.63) is 35.1 Å². The zero-order chi connectivity index (χ0) is 12.6. The lowest BCUT2D eigenvalue weighted by atomic mass is 9.83. The van der Waals surface area contributed by atoms with Crippen molar-refractivity contribution in [3.8, 4) is 0 Å². The molecule has 0 amide bonds. The largest absolute Gasteiger partial charge is 0.469 e. The summed E-state index contributed by atoms with van der Waals surface area (Å²) < 4.78 is 17.7. The molecule has 2 unspecified atom stereocenters. The first kappa shape index (κ1) is 12.0. The van der Waals surface area contributed by atoms with Crippen molar-refractivity contribution in [2.24, 2.45) is 5.92 Å². The number of carbonyl (C=O) groups is 1. The van der Waals surface area contributed by atoms with Crippen molar-refractivity contribution >= 4 is 5.97 Å². The minimum atomic E-state index is -1.24. The van der Waals surface area contributed by atoms with Gasteiger partial charge in [0.1, 0.15) is 11.4 Å². The topological polar surface area (TPSA) is 46.5 Å². The first-order valence-electron chi connectivity index (χ1n) is 5.58. The highest BCUT2D eigenvalue weighted by Crippen LogP contribution is 2.42. The fourth-order valence-electron chi connectivity index (χ4n) is 2.47. The van der Waals surface area contributed by atoms with E-state index < -0.39 is 17.5 Å². The summed E-state index contributed by atoms with van der Waals surface area (Å²) >= 11 is 0.